The van der Waals surface area contributed by atoms with Crippen LogP contribution in [0.4, 0.5) is 43.9 Å². The van der Waals surface area contributed by atoms with Gasteiger partial charge in [0, 0.05) is 11.8 Å². The number of hydrogen-bond acceptors (Lipinski definition) is 4. The summed E-state index contributed by atoms with van der Waals surface area (Å²) >= 11 is 0. The molecule has 0 spiro atoms. The third kappa shape index (κ3) is 4.34. The van der Waals surface area contributed by atoms with E-state index in [1.54, 1.807) is 6.20 Å². The van der Waals surface area contributed by atoms with Crippen LogP contribution in [0.25, 0.3) is 16.6 Å². The standard InChI is InChI=1S/C22H16F5N6O/c1-2-11-9-33-19(20(28)29-10-30-33)18(11)12-3-6-16(15(24)7-12)31-21(34)32-17-8-13(22(25,26)27)4-5-14(17)23/h3-10H,1-2H2,(H2,28,29,30)(H2,31,32,34). The van der Waals surface area contributed by atoms with Crippen molar-refractivity contribution < 1.29 is 26.7 Å². The van der Waals surface area contributed by atoms with E-state index in [1.807, 2.05) is 5.32 Å². The van der Waals surface area contributed by atoms with Crippen molar-refractivity contribution in [3.8, 4) is 11.1 Å². The Morgan fingerprint density at radius 3 is 2.47 bits per heavy atom. The lowest BCUT2D eigenvalue weighted by molar-refractivity contribution is -0.137. The number of aromatic nitrogens is 3. The molecule has 4 rings (SSSR count). The van der Waals surface area contributed by atoms with E-state index in [9.17, 15) is 26.7 Å². The summed E-state index contributed by atoms with van der Waals surface area (Å²) in [5.74, 6) is -1.75. The molecule has 4 aromatic rings. The van der Waals surface area contributed by atoms with Gasteiger partial charge in [-0.1, -0.05) is 6.07 Å². The van der Waals surface area contributed by atoms with Gasteiger partial charge in [-0.2, -0.15) is 18.3 Å². The smallest absolute Gasteiger partial charge is 0.382 e. The highest BCUT2D eigenvalue weighted by Crippen LogP contribution is 2.35. The Labute approximate surface area is 189 Å². The fourth-order valence-electron chi connectivity index (χ4n) is 3.44. The molecule has 7 nitrogen and oxygen atoms in total. The van der Waals surface area contributed by atoms with E-state index in [2.05, 4.69) is 22.3 Å². The number of urea groups is 1. The molecule has 2 aromatic carbocycles. The highest BCUT2D eigenvalue weighted by molar-refractivity contribution is 6.00. The number of nitrogen functional groups attached to an aromatic ring is 1. The van der Waals surface area contributed by atoms with Gasteiger partial charge in [-0.05, 0) is 54.8 Å². The molecule has 0 saturated heterocycles. The van der Waals surface area contributed by atoms with Crippen LogP contribution in [-0.4, -0.2) is 20.6 Å². The highest BCUT2D eigenvalue weighted by atomic mass is 19.4. The van der Waals surface area contributed by atoms with Crippen molar-refractivity contribution >= 4 is 28.7 Å². The monoisotopic (exact) mass is 475 g/mol. The first-order valence-electron chi connectivity index (χ1n) is 9.73. The first kappa shape index (κ1) is 23.0. The van der Waals surface area contributed by atoms with Gasteiger partial charge in [-0.25, -0.2) is 23.1 Å². The van der Waals surface area contributed by atoms with E-state index in [4.69, 9.17) is 5.73 Å². The molecule has 34 heavy (non-hydrogen) atoms. The van der Waals surface area contributed by atoms with Crippen LogP contribution in [0, 0.1) is 18.6 Å². The van der Waals surface area contributed by atoms with Crippen LogP contribution in [0.5, 0.6) is 0 Å². The maximum Gasteiger partial charge on any atom is 0.416 e. The molecular weight excluding hydrogens is 459 g/mol. The van der Waals surface area contributed by atoms with Crippen LogP contribution in [0.3, 0.4) is 0 Å². The first-order chi connectivity index (χ1) is 16.1. The number of nitrogens with two attached hydrogens (primary N) is 1. The highest BCUT2D eigenvalue weighted by Gasteiger charge is 2.31. The molecule has 12 heteroatoms. The van der Waals surface area contributed by atoms with E-state index >= 15 is 0 Å². The number of benzene rings is 2. The maximum atomic E-state index is 14.8. The van der Waals surface area contributed by atoms with Gasteiger partial charge in [0.05, 0.1) is 16.9 Å². The number of halogens is 5. The van der Waals surface area contributed by atoms with Crippen molar-refractivity contribution in [1.29, 1.82) is 0 Å². The van der Waals surface area contributed by atoms with Crippen LogP contribution in [0.1, 0.15) is 11.1 Å². The van der Waals surface area contributed by atoms with Crippen LogP contribution in [0.2, 0.25) is 0 Å². The van der Waals surface area contributed by atoms with Crippen LogP contribution >= 0.6 is 0 Å². The Balaban J connectivity index is 1.60. The topological polar surface area (TPSA) is 97.3 Å². The van der Waals surface area contributed by atoms with Gasteiger partial charge >= 0.3 is 12.2 Å². The Morgan fingerprint density at radius 1 is 1.06 bits per heavy atom. The van der Waals surface area contributed by atoms with E-state index in [1.165, 1.54) is 23.0 Å². The lowest BCUT2D eigenvalue weighted by atomic mass is 10.0. The molecule has 0 aliphatic heterocycles. The van der Waals surface area contributed by atoms with Gasteiger partial charge in [0.1, 0.15) is 23.5 Å². The lowest BCUT2D eigenvalue weighted by Gasteiger charge is -2.13. The SMILES string of the molecule is [CH2]Cc1cn2ncnc(N)c2c1-c1ccc(NC(=O)Nc2cc(C(F)(F)F)ccc2F)c(F)c1. The molecule has 2 aromatic heterocycles. The Hall–Kier alpha value is -4.22. The van der Waals surface area contributed by atoms with Crippen molar-refractivity contribution in [2.45, 2.75) is 12.6 Å². The zero-order chi connectivity index (χ0) is 24.6. The molecule has 1 radical (unpaired) electrons. The molecule has 175 valence electrons. The minimum absolute atomic E-state index is 0.176. The largest absolute Gasteiger partial charge is 0.416 e. The average Bonchev–Trinajstić information content (AvgIpc) is 3.16. The van der Waals surface area contributed by atoms with Gasteiger partial charge in [0.15, 0.2) is 5.82 Å². The summed E-state index contributed by atoms with van der Waals surface area (Å²) in [5, 5.41) is 8.19. The second-order valence-electron chi connectivity index (χ2n) is 7.18. The fraction of sp³-hybridized carbons (Fsp3) is 0.0909. The summed E-state index contributed by atoms with van der Waals surface area (Å²) in [5.41, 5.74) is 5.99. The summed E-state index contributed by atoms with van der Waals surface area (Å²) in [6.45, 7) is 3.85. The van der Waals surface area contributed by atoms with Gasteiger partial charge in [-0.15, -0.1) is 0 Å². The third-order valence-electron chi connectivity index (χ3n) is 5.00. The van der Waals surface area contributed by atoms with E-state index in [0.29, 0.717) is 41.3 Å². The van der Waals surface area contributed by atoms with Crippen LogP contribution in [-0.2, 0) is 12.6 Å². The number of nitrogens with one attached hydrogen (secondary N) is 2. The number of alkyl halides is 3. The third-order valence-corrected chi connectivity index (χ3v) is 5.00. The van der Waals surface area contributed by atoms with Crippen molar-refractivity contribution in [3.05, 3.63) is 78.6 Å². The second kappa shape index (κ2) is 8.61. The van der Waals surface area contributed by atoms with Gasteiger partial charge in [0.25, 0.3) is 0 Å². The van der Waals surface area contributed by atoms with Crippen LogP contribution < -0.4 is 16.4 Å². The minimum Gasteiger partial charge on any atom is -0.382 e. The Kier molecular flexibility index (Phi) is 5.82. The zero-order valence-corrected chi connectivity index (χ0v) is 17.3. The Morgan fingerprint density at radius 2 is 1.79 bits per heavy atom. The molecule has 2 amide bonds. The molecule has 0 fully saturated rings. The van der Waals surface area contributed by atoms with Gasteiger partial charge in [-0.3, -0.25) is 0 Å². The molecular formula is C22H16F5N6O. The number of amides is 2. The number of fused-ring (bicyclic) bond motifs is 1. The summed E-state index contributed by atoms with van der Waals surface area (Å²) < 4.78 is 68.7. The van der Waals surface area contributed by atoms with E-state index < -0.39 is 35.1 Å². The predicted octanol–water partition coefficient (Wildman–Crippen LogP) is 5.30. The number of rotatable bonds is 4. The predicted molar refractivity (Wildman–Crippen MR) is 116 cm³/mol. The van der Waals surface area contributed by atoms with Crippen molar-refractivity contribution in [2.24, 2.45) is 0 Å². The number of carbonyl (C=O) groups excluding carboxylic acids is 1. The lowest BCUT2D eigenvalue weighted by Crippen LogP contribution is -2.21. The molecule has 0 aliphatic rings. The molecule has 2 heterocycles. The zero-order valence-electron chi connectivity index (χ0n) is 17.3. The summed E-state index contributed by atoms with van der Waals surface area (Å²) in [6, 6.07) is 4.33. The van der Waals surface area contributed by atoms with E-state index in [-0.39, 0.29) is 11.5 Å². The Bertz CT molecular complexity index is 1400. The van der Waals surface area contributed by atoms with Gasteiger partial charge in [0.2, 0.25) is 0 Å². The van der Waals surface area contributed by atoms with Crippen LogP contribution in [0.15, 0.2) is 48.9 Å². The first-order valence-corrected chi connectivity index (χ1v) is 9.73. The average molecular weight is 475 g/mol. The van der Waals surface area contributed by atoms with E-state index in [0.717, 1.165) is 11.6 Å². The van der Waals surface area contributed by atoms with Crippen molar-refractivity contribution in [1.82, 2.24) is 14.6 Å². The minimum atomic E-state index is -4.73. The molecule has 0 bridgehead atoms. The summed E-state index contributed by atoms with van der Waals surface area (Å²) in [6.07, 6.45) is -1.41. The summed E-state index contributed by atoms with van der Waals surface area (Å²) in [4.78, 5) is 16.2. The number of anilines is 3. The second-order valence-corrected chi connectivity index (χ2v) is 7.18. The van der Waals surface area contributed by atoms with Crippen molar-refractivity contribution in [2.75, 3.05) is 16.4 Å². The quantitative estimate of drug-likeness (QED) is 0.349. The molecule has 0 atom stereocenters. The maximum absolute atomic E-state index is 14.8. The summed E-state index contributed by atoms with van der Waals surface area (Å²) in [7, 11) is 0. The fourth-order valence-corrected chi connectivity index (χ4v) is 3.44. The normalized spacial score (nSPS) is 11.6. The molecule has 0 unspecified atom stereocenters. The van der Waals surface area contributed by atoms with Crippen molar-refractivity contribution in [3.63, 3.8) is 0 Å². The molecule has 0 saturated carbocycles. The van der Waals surface area contributed by atoms with Gasteiger partial charge < -0.3 is 16.4 Å². The molecule has 4 N–H and O–H groups in total. The number of carbonyl (C=O) groups is 1. The molecule has 0 aliphatic carbocycles. The number of nitrogens with zero attached hydrogens (tertiary/aromatic N) is 3. The number of hydrogen-bond donors (Lipinski definition) is 3.